The van der Waals surface area contributed by atoms with Crippen LogP contribution in [0.25, 0.3) is 0 Å². The van der Waals surface area contributed by atoms with E-state index < -0.39 is 30.3 Å². The molecule has 3 rings (SSSR count). The molecular formula is C27H36BNO5. The van der Waals surface area contributed by atoms with Crippen molar-refractivity contribution in [1.29, 1.82) is 0 Å². The minimum absolute atomic E-state index is 0.00416. The number of methoxy groups -OCH3 is 1. The topological polar surface area (TPSA) is 73.9 Å². The monoisotopic (exact) mass is 465 g/mol. The molecule has 1 aliphatic heterocycles. The van der Waals surface area contributed by atoms with Crippen LogP contribution >= 0.6 is 0 Å². The first-order valence-electron chi connectivity index (χ1n) is 11.7. The van der Waals surface area contributed by atoms with E-state index in [-0.39, 0.29) is 11.3 Å². The highest BCUT2D eigenvalue weighted by atomic mass is 16.7. The second-order valence-corrected chi connectivity index (χ2v) is 10.9. The SMILES string of the molecule is COC(=O)C(Cc1ccc(B2OC(C)(C)C(C)(C)O2)cc1)NC(=O)c1ccc(C(C)(C)C)cc1. The Bertz CT molecular complexity index is 1010. The first-order chi connectivity index (χ1) is 15.7. The van der Waals surface area contributed by atoms with Crippen LogP contribution in [0, 0.1) is 0 Å². The van der Waals surface area contributed by atoms with Crippen LogP contribution in [0.1, 0.15) is 70.0 Å². The number of amides is 1. The molecule has 182 valence electrons. The summed E-state index contributed by atoms with van der Waals surface area (Å²) in [5.74, 6) is -0.806. The molecule has 2 aromatic rings. The standard InChI is InChI=1S/C27H36BNO5/c1-25(2,3)20-13-11-19(12-14-20)23(30)29-22(24(31)32-8)17-18-9-15-21(16-10-18)28-33-26(4,5)27(6,7)34-28/h9-16,22H,17H2,1-8H3,(H,29,30). The molecule has 6 nitrogen and oxygen atoms in total. The third kappa shape index (κ3) is 5.70. The highest BCUT2D eigenvalue weighted by molar-refractivity contribution is 6.62. The van der Waals surface area contributed by atoms with Gasteiger partial charge in [0.2, 0.25) is 0 Å². The first-order valence-corrected chi connectivity index (χ1v) is 11.7. The molecule has 7 heteroatoms. The van der Waals surface area contributed by atoms with Gasteiger partial charge in [0.15, 0.2) is 0 Å². The first kappa shape index (κ1) is 26.0. The van der Waals surface area contributed by atoms with Gasteiger partial charge in [0, 0.05) is 12.0 Å². The Balaban J connectivity index is 1.70. The number of hydrogen-bond acceptors (Lipinski definition) is 5. The van der Waals surface area contributed by atoms with Gasteiger partial charge in [0.05, 0.1) is 18.3 Å². The Morgan fingerprint density at radius 3 is 1.94 bits per heavy atom. The summed E-state index contributed by atoms with van der Waals surface area (Å²) in [5.41, 5.74) is 2.59. The van der Waals surface area contributed by atoms with Crippen molar-refractivity contribution in [3.8, 4) is 0 Å². The van der Waals surface area contributed by atoms with Gasteiger partial charge in [0.25, 0.3) is 5.91 Å². The van der Waals surface area contributed by atoms with Crippen LogP contribution in [0.4, 0.5) is 0 Å². The fourth-order valence-electron chi connectivity index (χ4n) is 3.72. The third-order valence-corrected chi connectivity index (χ3v) is 6.75. The summed E-state index contributed by atoms with van der Waals surface area (Å²) < 4.78 is 17.2. The van der Waals surface area contributed by atoms with Crippen LogP contribution in [-0.4, -0.2) is 43.3 Å². The van der Waals surface area contributed by atoms with Crippen molar-refractivity contribution in [2.24, 2.45) is 0 Å². The van der Waals surface area contributed by atoms with Crippen molar-refractivity contribution in [2.75, 3.05) is 7.11 Å². The van der Waals surface area contributed by atoms with Gasteiger partial charge in [-0.1, -0.05) is 57.2 Å². The van der Waals surface area contributed by atoms with Crippen LogP contribution in [0.3, 0.4) is 0 Å². The summed E-state index contributed by atoms with van der Waals surface area (Å²) in [6, 6.07) is 14.3. The minimum atomic E-state index is -0.803. The number of benzene rings is 2. The summed E-state index contributed by atoms with van der Waals surface area (Å²) in [4.78, 5) is 25.2. The van der Waals surface area contributed by atoms with Crippen LogP contribution in [0.2, 0.25) is 0 Å². The molecule has 0 aromatic heterocycles. The van der Waals surface area contributed by atoms with Crippen molar-refractivity contribution in [3.63, 3.8) is 0 Å². The molecule has 0 bridgehead atoms. The third-order valence-electron chi connectivity index (χ3n) is 6.75. The molecular weight excluding hydrogens is 429 g/mol. The van der Waals surface area contributed by atoms with Crippen molar-refractivity contribution >= 4 is 24.5 Å². The molecule has 34 heavy (non-hydrogen) atoms. The van der Waals surface area contributed by atoms with Gasteiger partial charge >= 0.3 is 13.1 Å². The predicted molar refractivity (Wildman–Crippen MR) is 134 cm³/mol. The number of carbonyl (C=O) groups excluding carboxylic acids is 2. The molecule has 1 amide bonds. The van der Waals surface area contributed by atoms with Crippen LogP contribution in [0.5, 0.6) is 0 Å². The average molecular weight is 465 g/mol. The lowest BCUT2D eigenvalue weighted by atomic mass is 9.78. The molecule has 1 atom stereocenters. The Morgan fingerprint density at radius 1 is 0.941 bits per heavy atom. The number of ether oxygens (including phenoxy) is 1. The molecule has 0 aliphatic carbocycles. The van der Waals surface area contributed by atoms with Crippen molar-refractivity contribution in [2.45, 2.75) is 77.5 Å². The van der Waals surface area contributed by atoms with E-state index in [0.717, 1.165) is 16.6 Å². The normalized spacial score (nSPS) is 17.8. The lowest BCUT2D eigenvalue weighted by Crippen LogP contribution is -2.43. The number of hydrogen-bond donors (Lipinski definition) is 1. The molecule has 1 heterocycles. The van der Waals surface area contributed by atoms with E-state index in [9.17, 15) is 9.59 Å². The summed E-state index contributed by atoms with van der Waals surface area (Å²) in [6.07, 6.45) is 0.308. The molecule has 1 N–H and O–H groups in total. The average Bonchev–Trinajstić information content (AvgIpc) is 2.99. The summed E-state index contributed by atoms with van der Waals surface area (Å²) in [5, 5.41) is 2.82. The zero-order valence-corrected chi connectivity index (χ0v) is 21.5. The highest BCUT2D eigenvalue weighted by Gasteiger charge is 2.51. The van der Waals surface area contributed by atoms with E-state index in [0.29, 0.717) is 12.0 Å². The second-order valence-electron chi connectivity index (χ2n) is 10.9. The fourth-order valence-corrected chi connectivity index (χ4v) is 3.72. The Hall–Kier alpha value is -2.64. The van der Waals surface area contributed by atoms with E-state index >= 15 is 0 Å². The number of esters is 1. The van der Waals surface area contributed by atoms with E-state index in [1.165, 1.54) is 7.11 Å². The molecule has 2 aromatic carbocycles. The maximum absolute atomic E-state index is 12.8. The van der Waals surface area contributed by atoms with Crippen LogP contribution in [0.15, 0.2) is 48.5 Å². The van der Waals surface area contributed by atoms with E-state index in [2.05, 4.69) is 26.1 Å². The van der Waals surface area contributed by atoms with E-state index in [1.807, 2.05) is 64.1 Å². The van der Waals surface area contributed by atoms with Gasteiger partial charge in [-0.15, -0.1) is 0 Å². The molecule has 1 saturated heterocycles. The quantitative estimate of drug-likeness (QED) is 0.519. The number of rotatable bonds is 6. The van der Waals surface area contributed by atoms with E-state index in [4.69, 9.17) is 14.0 Å². The molecule has 1 aliphatic rings. The molecule has 0 saturated carbocycles. The fraction of sp³-hybridized carbons (Fsp3) is 0.481. The minimum Gasteiger partial charge on any atom is -0.467 e. The zero-order valence-electron chi connectivity index (χ0n) is 21.5. The van der Waals surface area contributed by atoms with Gasteiger partial charge in [-0.2, -0.15) is 0 Å². The molecule has 1 fully saturated rings. The summed E-state index contributed by atoms with van der Waals surface area (Å²) in [7, 11) is 0.868. The molecule has 0 spiro atoms. The van der Waals surface area contributed by atoms with Gasteiger partial charge in [-0.05, 0) is 61.8 Å². The van der Waals surface area contributed by atoms with Gasteiger partial charge < -0.3 is 19.4 Å². The molecule has 0 radical (unpaired) electrons. The number of nitrogens with one attached hydrogen (secondary N) is 1. The van der Waals surface area contributed by atoms with Crippen LogP contribution < -0.4 is 10.8 Å². The second kappa shape index (κ2) is 9.55. The van der Waals surface area contributed by atoms with Gasteiger partial charge in [-0.3, -0.25) is 4.79 Å². The Kier molecular flexibility index (Phi) is 7.30. The van der Waals surface area contributed by atoms with Gasteiger partial charge in [-0.25, -0.2) is 4.79 Å². The van der Waals surface area contributed by atoms with Crippen LogP contribution in [-0.2, 0) is 30.7 Å². The molecule has 1 unspecified atom stereocenters. The smallest absolute Gasteiger partial charge is 0.467 e. The van der Waals surface area contributed by atoms with Crippen molar-refractivity contribution < 1.29 is 23.6 Å². The van der Waals surface area contributed by atoms with Crippen molar-refractivity contribution in [1.82, 2.24) is 5.32 Å². The lowest BCUT2D eigenvalue weighted by Gasteiger charge is -2.32. The number of carbonyl (C=O) groups is 2. The largest absolute Gasteiger partial charge is 0.494 e. The summed E-state index contributed by atoms with van der Waals surface area (Å²) >= 11 is 0. The Morgan fingerprint density at radius 2 is 1.47 bits per heavy atom. The maximum Gasteiger partial charge on any atom is 0.494 e. The maximum atomic E-state index is 12.8. The summed E-state index contributed by atoms with van der Waals surface area (Å²) in [6.45, 7) is 14.4. The Labute approximate surface area is 203 Å². The van der Waals surface area contributed by atoms with E-state index in [1.54, 1.807) is 12.1 Å². The zero-order chi connectivity index (χ0) is 25.3. The van der Waals surface area contributed by atoms with Crippen molar-refractivity contribution in [3.05, 3.63) is 65.2 Å². The highest BCUT2D eigenvalue weighted by Crippen LogP contribution is 2.36. The lowest BCUT2D eigenvalue weighted by molar-refractivity contribution is -0.142. The van der Waals surface area contributed by atoms with Gasteiger partial charge in [0.1, 0.15) is 6.04 Å². The predicted octanol–water partition coefficient (Wildman–Crippen LogP) is 3.80.